The average molecular weight is 370 g/mol. The fourth-order valence-corrected chi connectivity index (χ4v) is 2.71. The normalized spacial score (nSPS) is 10.3. The van der Waals surface area contributed by atoms with E-state index in [9.17, 15) is 4.79 Å². The Kier molecular flexibility index (Phi) is 4.91. The Morgan fingerprint density at radius 2 is 1.71 bits per heavy atom. The molecule has 0 spiro atoms. The lowest BCUT2D eigenvalue weighted by Crippen LogP contribution is -2.05. The Hall–Kier alpha value is -1.52. The lowest BCUT2D eigenvalue weighted by molar-refractivity contribution is 0.103. The molecule has 0 saturated heterocycles. The molecule has 5 heteroatoms. The van der Waals surface area contributed by atoms with E-state index >= 15 is 0 Å². The van der Waals surface area contributed by atoms with Crippen LogP contribution in [0.25, 0.3) is 0 Å². The van der Waals surface area contributed by atoms with Crippen molar-refractivity contribution in [3.63, 3.8) is 0 Å². The molecule has 0 aliphatic rings. The van der Waals surface area contributed by atoms with Gasteiger partial charge in [-0.05, 0) is 46.6 Å². The lowest BCUT2D eigenvalue weighted by atomic mass is 10.0. The van der Waals surface area contributed by atoms with Crippen molar-refractivity contribution in [3.8, 4) is 11.5 Å². The second-order valence-corrected chi connectivity index (χ2v) is 5.68. The number of aryl methyl sites for hydroxylation is 1. The third-order valence-electron chi connectivity index (χ3n) is 3.15. The molecule has 0 N–H and O–H groups in total. The van der Waals surface area contributed by atoms with Crippen LogP contribution in [0.15, 0.2) is 34.8 Å². The van der Waals surface area contributed by atoms with E-state index in [0.29, 0.717) is 32.1 Å². The van der Waals surface area contributed by atoms with E-state index in [2.05, 4.69) is 15.9 Å². The van der Waals surface area contributed by atoms with Crippen molar-refractivity contribution in [2.45, 2.75) is 6.92 Å². The summed E-state index contributed by atoms with van der Waals surface area (Å²) >= 11 is 9.62. The van der Waals surface area contributed by atoms with Gasteiger partial charge in [0, 0.05) is 15.6 Å². The Balaban J connectivity index is 2.56. The van der Waals surface area contributed by atoms with Crippen LogP contribution in [0.1, 0.15) is 21.5 Å². The van der Waals surface area contributed by atoms with Gasteiger partial charge >= 0.3 is 0 Å². The number of benzene rings is 2. The van der Waals surface area contributed by atoms with E-state index in [4.69, 9.17) is 21.1 Å². The van der Waals surface area contributed by atoms with Crippen molar-refractivity contribution in [2.75, 3.05) is 14.2 Å². The first-order valence-corrected chi connectivity index (χ1v) is 7.38. The highest BCUT2D eigenvalue weighted by Crippen LogP contribution is 2.35. The van der Waals surface area contributed by atoms with Gasteiger partial charge in [-0.3, -0.25) is 4.79 Å². The van der Waals surface area contributed by atoms with Crippen molar-refractivity contribution < 1.29 is 14.3 Å². The van der Waals surface area contributed by atoms with Gasteiger partial charge in [0.1, 0.15) is 0 Å². The molecule has 0 amide bonds. The number of carbonyl (C=O) groups is 1. The molecule has 0 aliphatic heterocycles. The summed E-state index contributed by atoms with van der Waals surface area (Å²) in [6.07, 6.45) is 0. The molecule has 0 unspecified atom stereocenters. The SMILES string of the molecule is COc1cc(Br)c(C(=O)c2cccc(C)c2Cl)cc1OC. The largest absolute Gasteiger partial charge is 0.493 e. The summed E-state index contributed by atoms with van der Waals surface area (Å²) in [6.45, 7) is 1.86. The van der Waals surface area contributed by atoms with Gasteiger partial charge in [0.2, 0.25) is 0 Å². The molecular formula is C16H14BrClO3. The molecule has 21 heavy (non-hydrogen) atoms. The Labute approximate surface area is 137 Å². The third-order valence-corrected chi connectivity index (χ3v) is 4.31. The van der Waals surface area contributed by atoms with Crippen molar-refractivity contribution >= 4 is 33.3 Å². The highest BCUT2D eigenvalue weighted by molar-refractivity contribution is 9.10. The van der Waals surface area contributed by atoms with Crippen LogP contribution in [-0.4, -0.2) is 20.0 Å². The van der Waals surface area contributed by atoms with Gasteiger partial charge in [0.05, 0.1) is 19.2 Å². The zero-order chi connectivity index (χ0) is 15.6. The van der Waals surface area contributed by atoms with E-state index in [1.165, 1.54) is 7.11 Å². The number of hydrogen-bond acceptors (Lipinski definition) is 3. The maximum atomic E-state index is 12.7. The standard InChI is InChI=1S/C16H14BrClO3/c1-9-5-4-6-10(15(9)18)16(19)11-7-13(20-2)14(21-3)8-12(11)17/h4-8H,1-3H3. The molecule has 2 rings (SSSR count). The predicted molar refractivity (Wildman–Crippen MR) is 86.9 cm³/mol. The van der Waals surface area contributed by atoms with E-state index in [1.807, 2.05) is 19.1 Å². The Morgan fingerprint density at radius 1 is 1.10 bits per heavy atom. The number of rotatable bonds is 4. The van der Waals surface area contributed by atoms with Crippen molar-refractivity contribution in [1.82, 2.24) is 0 Å². The number of carbonyl (C=O) groups excluding carboxylic acids is 1. The molecule has 0 saturated carbocycles. The van der Waals surface area contributed by atoms with Crippen LogP contribution in [0.5, 0.6) is 11.5 Å². The summed E-state index contributed by atoms with van der Waals surface area (Å²) in [5, 5.41) is 0.462. The number of hydrogen-bond donors (Lipinski definition) is 0. The van der Waals surface area contributed by atoms with Gasteiger partial charge in [0.15, 0.2) is 17.3 Å². The van der Waals surface area contributed by atoms with Crippen LogP contribution in [0.3, 0.4) is 0 Å². The first-order chi connectivity index (χ1) is 9.99. The molecule has 0 fully saturated rings. The molecule has 2 aromatic carbocycles. The maximum Gasteiger partial charge on any atom is 0.195 e. The smallest absolute Gasteiger partial charge is 0.195 e. The molecule has 110 valence electrons. The van der Waals surface area contributed by atoms with Gasteiger partial charge in [-0.1, -0.05) is 23.7 Å². The van der Waals surface area contributed by atoms with E-state index in [0.717, 1.165) is 5.56 Å². The van der Waals surface area contributed by atoms with Crippen LogP contribution in [0.4, 0.5) is 0 Å². The van der Waals surface area contributed by atoms with Crippen LogP contribution in [0, 0.1) is 6.92 Å². The van der Waals surface area contributed by atoms with Gasteiger partial charge in [0.25, 0.3) is 0 Å². The Bertz CT molecular complexity index is 698. The maximum absolute atomic E-state index is 12.7. The summed E-state index contributed by atoms with van der Waals surface area (Å²) in [5.74, 6) is 0.876. The van der Waals surface area contributed by atoms with Crippen molar-refractivity contribution in [2.24, 2.45) is 0 Å². The molecule has 0 radical (unpaired) electrons. The zero-order valence-corrected chi connectivity index (χ0v) is 14.2. The molecular weight excluding hydrogens is 356 g/mol. The zero-order valence-electron chi connectivity index (χ0n) is 11.9. The van der Waals surface area contributed by atoms with Crippen LogP contribution >= 0.6 is 27.5 Å². The fraction of sp³-hybridized carbons (Fsp3) is 0.188. The summed E-state index contributed by atoms with van der Waals surface area (Å²) in [4.78, 5) is 12.7. The van der Waals surface area contributed by atoms with Crippen LogP contribution in [-0.2, 0) is 0 Å². The first kappa shape index (κ1) is 15.9. The molecule has 0 atom stereocenters. The highest BCUT2D eigenvalue weighted by Gasteiger charge is 2.19. The lowest BCUT2D eigenvalue weighted by Gasteiger charge is -2.12. The molecule has 2 aromatic rings. The second kappa shape index (κ2) is 6.50. The summed E-state index contributed by atoms with van der Waals surface area (Å²) < 4.78 is 11.1. The average Bonchev–Trinajstić information content (AvgIpc) is 2.49. The van der Waals surface area contributed by atoms with E-state index in [-0.39, 0.29) is 5.78 Å². The van der Waals surface area contributed by atoms with Crippen molar-refractivity contribution in [3.05, 3.63) is 56.5 Å². The van der Waals surface area contributed by atoms with Crippen molar-refractivity contribution in [1.29, 1.82) is 0 Å². The van der Waals surface area contributed by atoms with Gasteiger partial charge in [-0.15, -0.1) is 0 Å². The molecule has 0 heterocycles. The predicted octanol–water partition coefficient (Wildman–Crippen LogP) is 4.66. The first-order valence-electron chi connectivity index (χ1n) is 6.21. The van der Waals surface area contributed by atoms with Gasteiger partial charge in [-0.2, -0.15) is 0 Å². The number of ether oxygens (including phenoxy) is 2. The minimum absolute atomic E-state index is 0.170. The molecule has 0 aliphatic carbocycles. The summed E-state index contributed by atoms with van der Waals surface area (Å²) in [6, 6.07) is 8.73. The van der Waals surface area contributed by atoms with E-state index < -0.39 is 0 Å². The molecule has 3 nitrogen and oxygen atoms in total. The summed E-state index contributed by atoms with van der Waals surface area (Å²) in [7, 11) is 3.07. The number of halogens is 2. The number of methoxy groups -OCH3 is 2. The second-order valence-electron chi connectivity index (χ2n) is 4.45. The highest BCUT2D eigenvalue weighted by atomic mass is 79.9. The van der Waals surface area contributed by atoms with Crippen LogP contribution < -0.4 is 9.47 Å². The quantitative estimate of drug-likeness (QED) is 0.735. The minimum Gasteiger partial charge on any atom is -0.493 e. The third kappa shape index (κ3) is 3.06. The van der Waals surface area contributed by atoms with Gasteiger partial charge < -0.3 is 9.47 Å². The van der Waals surface area contributed by atoms with Crippen LogP contribution in [0.2, 0.25) is 5.02 Å². The topological polar surface area (TPSA) is 35.5 Å². The minimum atomic E-state index is -0.170. The molecule has 0 bridgehead atoms. The van der Waals surface area contributed by atoms with E-state index in [1.54, 1.807) is 25.3 Å². The van der Waals surface area contributed by atoms with Gasteiger partial charge in [-0.25, -0.2) is 0 Å². The Morgan fingerprint density at radius 3 is 2.33 bits per heavy atom. The monoisotopic (exact) mass is 368 g/mol. The summed E-state index contributed by atoms with van der Waals surface area (Å²) in [5.41, 5.74) is 1.80. The number of ketones is 1. The fourth-order valence-electron chi connectivity index (χ4n) is 2.00. The molecule has 0 aromatic heterocycles.